The van der Waals surface area contributed by atoms with E-state index in [-0.39, 0.29) is 11.8 Å². The summed E-state index contributed by atoms with van der Waals surface area (Å²) in [5.74, 6) is -0.420. The smallest absolute Gasteiger partial charge is 0.244 e. The molecular weight excluding hydrogens is 326 g/mol. The molecular formula is C21H31N3O2. The van der Waals surface area contributed by atoms with Crippen molar-refractivity contribution in [1.82, 2.24) is 10.6 Å². The first-order valence-corrected chi connectivity index (χ1v) is 9.71. The minimum Gasteiger partial charge on any atom is -0.372 e. The molecule has 5 nitrogen and oxygen atoms in total. The maximum atomic E-state index is 12.0. The van der Waals surface area contributed by atoms with Crippen LogP contribution in [0.3, 0.4) is 0 Å². The largest absolute Gasteiger partial charge is 0.372 e. The van der Waals surface area contributed by atoms with Crippen LogP contribution in [0.2, 0.25) is 0 Å². The van der Waals surface area contributed by atoms with E-state index in [1.54, 1.807) is 13.0 Å². The Bertz CT molecular complexity index is 602. The van der Waals surface area contributed by atoms with Crippen molar-refractivity contribution in [3.05, 3.63) is 35.9 Å². The molecule has 26 heavy (non-hydrogen) atoms. The summed E-state index contributed by atoms with van der Waals surface area (Å²) in [6, 6.07) is 7.75. The lowest BCUT2D eigenvalue weighted by Crippen LogP contribution is -2.44. The highest BCUT2D eigenvalue weighted by atomic mass is 16.2. The number of nitrogens with one attached hydrogen (secondary N) is 2. The van der Waals surface area contributed by atoms with Crippen molar-refractivity contribution in [2.45, 2.75) is 52.0 Å². The van der Waals surface area contributed by atoms with E-state index in [0.717, 1.165) is 25.1 Å². The van der Waals surface area contributed by atoms with Gasteiger partial charge in [-0.3, -0.25) is 9.59 Å². The second kappa shape index (κ2) is 10.6. The van der Waals surface area contributed by atoms with E-state index in [0.29, 0.717) is 6.54 Å². The molecule has 1 heterocycles. The summed E-state index contributed by atoms with van der Waals surface area (Å²) in [4.78, 5) is 26.2. The zero-order valence-corrected chi connectivity index (χ0v) is 16.0. The van der Waals surface area contributed by atoms with Crippen LogP contribution in [-0.2, 0) is 9.59 Å². The average Bonchev–Trinajstić information content (AvgIpc) is 2.94. The number of benzene rings is 1. The maximum absolute atomic E-state index is 12.0. The summed E-state index contributed by atoms with van der Waals surface area (Å²) >= 11 is 0. The molecule has 1 aromatic carbocycles. The van der Waals surface area contributed by atoms with Gasteiger partial charge >= 0.3 is 0 Å². The Hall–Kier alpha value is -2.30. The molecule has 1 aliphatic rings. The number of rotatable bonds is 7. The summed E-state index contributed by atoms with van der Waals surface area (Å²) in [6.07, 6.45) is 9.28. The molecule has 0 spiro atoms. The molecule has 1 fully saturated rings. The number of amides is 2. The van der Waals surface area contributed by atoms with E-state index in [1.165, 1.54) is 37.4 Å². The molecule has 1 atom stereocenters. The quantitative estimate of drug-likeness (QED) is 0.737. The molecule has 1 aromatic rings. The molecule has 0 aromatic heterocycles. The van der Waals surface area contributed by atoms with Gasteiger partial charge in [0.05, 0.1) is 0 Å². The van der Waals surface area contributed by atoms with Crippen LogP contribution in [0.4, 0.5) is 5.69 Å². The van der Waals surface area contributed by atoms with Gasteiger partial charge in [0.15, 0.2) is 0 Å². The molecule has 2 N–H and O–H groups in total. The highest BCUT2D eigenvalue weighted by Gasteiger charge is 2.13. The fourth-order valence-corrected chi connectivity index (χ4v) is 3.03. The molecule has 1 aliphatic heterocycles. The first-order chi connectivity index (χ1) is 12.6. The Kier molecular flexibility index (Phi) is 8.19. The average molecular weight is 357 g/mol. The number of carbonyl (C=O) groups excluding carboxylic acids is 2. The Morgan fingerprint density at radius 3 is 2.38 bits per heavy atom. The first-order valence-electron chi connectivity index (χ1n) is 9.71. The van der Waals surface area contributed by atoms with Crippen molar-refractivity contribution in [3.63, 3.8) is 0 Å². The summed E-state index contributed by atoms with van der Waals surface area (Å²) in [5, 5.41) is 5.45. The number of anilines is 1. The lowest BCUT2D eigenvalue weighted by Gasteiger charge is -2.22. The molecule has 0 unspecified atom stereocenters. The maximum Gasteiger partial charge on any atom is 0.244 e. The van der Waals surface area contributed by atoms with Crippen LogP contribution < -0.4 is 15.5 Å². The fourth-order valence-electron chi connectivity index (χ4n) is 3.03. The van der Waals surface area contributed by atoms with Crippen molar-refractivity contribution in [3.8, 4) is 0 Å². The van der Waals surface area contributed by atoms with Gasteiger partial charge < -0.3 is 15.5 Å². The molecule has 0 radical (unpaired) electrons. The number of hydrogen-bond donors (Lipinski definition) is 2. The predicted octanol–water partition coefficient (Wildman–Crippen LogP) is 3.11. The lowest BCUT2D eigenvalue weighted by atomic mass is 10.1. The van der Waals surface area contributed by atoms with Crippen LogP contribution in [0.1, 0.15) is 51.5 Å². The second-order valence-corrected chi connectivity index (χ2v) is 6.85. The molecule has 0 saturated carbocycles. The van der Waals surface area contributed by atoms with Crippen LogP contribution in [0.15, 0.2) is 30.3 Å². The topological polar surface area (TPSA) is 61.4 Å². The third kappa shape index (κ3) is 6.54. The van der Waals surface area contributed by atoms with Crippen molar-refractivity contribution < 1.29 is 9.59 Å². The zero-order chi connectivity index (χ0) is 18.8. The van der Waals surface area contributed by atoms with Gasteiger partial charge in [-0.2, -0.15) is 0 Å². The van der Waals surface area contributed by atoms with Crippen LogP contribution in [0.25, 0.3) is 6.08 Å². The zero-order valence-electron chi connectivity index (χ0n) is 16.0. The summed E-state index contributed by atoms with van der Waals surface area (Å²) in [6.45, 7) is 6.54. The summed E-state index contributed by atoms with van der Waals surface area (Å²) < 4.78 is 0. The summed E-state index contributed by atoms with van der Waals surface area (Å²) in [7, 11) is 0. The second-order valence-electron chi connectivity index (χ2n) is 6.85. The SMILES string of the molecule is CCCNC(=O)[C@H](C)NC(=O)/C=C/c1ccc(N2CCCCCC2)cc1. The van der Waals surface area contributed by atoms with Gasteiger partial charge in [0, 0.05) is 31.4 Å². The standard InChI is InChI=1S/C21H31N3O2/c1-3-14-22-21(26)17(2)23-20(25)13-10-18-8-11-19(12-9-18)24-15-6-4-5-7-16-24/h8-13,17H,3-7,14-16H2,1-2H3,(H,22,26)(H,23,25)/b13-10+/t17-/m0/s1. The number of carbonyl (C=O) groups is 2. The Balaban J connectivity index is 1.85. The van der Waals surface area contributed by atoms with Crippen LogP contribution >= 0.6 is 0 Å². The van der Waals surface area contributed by atoms with Crippen LogP contribution in [0.5, 0.6) is 0 Å². The first kappa shape index (κ1) is 20.0. The highest BCUT2D eigenvalue weighted by molar-refractivity contribution is 5.95. The van der Waals surface area contributed by atoms with Gasteiger partial charge in [0.25, 0.3) is 0 Å². The molecule has 2 amide bonds. The molecule has 5 heteroatoms. The van der Waals surface area contributed by atoms with Gasteiger partial charge in [0.2, 0.25) is 11.8 Å². The van der Waals surface area contributed by atoms with E-state index in [4.69, 9.17) is 0 Å². The van der Waals surface area contributed by atoms with Crippen molar-refractivity contribution in [2.24, 2.45) is 0 Å². The van der Waals surface area contributed by atoms with Crippen molar-refractivity contribution in [2.75, 3.05) is 24.5 Å². The monoisotopic (exact) mass is 357 g/mol. The minimum atomic E-state index is -0.538. The van der Waals surface area contributed by atoms with Gasteiger partial charge in [-0.25, -0.2) is 0 Å². The summed E-state index contributed by atoms with van der Waals surface area (Å²) in [5.41, 5.74) is 2.22. The van der Waals surface area contributed by atoms with Gasteiger partial charge in [-0.05, 0) is 50.0 Å². The molecule has 142 valence electrons. The molecule has 0 bridgehead atoms. The molecule has 1 saturated heterocycles. The highest BCUT2D eigenvalue weighted by Crippen LogP contribution is 2.20. The Morgan fingerprint density at radius 2 is 1.77 bits per heavy atom. The van der Waals surface area contributed by atoms with Crippen LogP contribution in [0, 0.1) is 0 Å². The van der Waals surface area contributed by atoms with E-state index < -0.39 is 6.04 Å². The molecule has 2 rings (SSSR count). The minimum absolute atomic E-state index is 0.157. The lowest BCUT2D eigenvalue weighted by molar-refractivity contribution is -0.126. The van der Waals surface area contributed by atoms with Crippen LogP contribution in [-0.4, -0.2) is 37.5 Å². The van der Waals surface area contributed by atoms with Crippen molar-refractivity contribution in [1.29, 1.82) is 0 Å². The fraction of sp³-hybridized carbons (Fsp3) is 0.524. The Labute approximate surface area is 156 Å². The van der Waals surface area contributed by atoms with E-state index in [2.05, 4.69) is 27.7 Å². The molecule has 0 aliphatic carbocycles. The van der Waals surface area contributed by atoms with Gasteiger partial charge in [-0.15, -0.1) is 0 Å². The third-order valence-corrected chi connectivity index (χ3v) is 4.59. The van der Waals surface area contributed by atoms with Gasteiger partial charge in [0.1, 0.15) is 6.04 Å². The Morgan fingerprint density at radius 1 is 1.12 bits per heavy atom. The predicted molar refractivity (Wildman–Crippen MR) is 107 cm³/mol. The number of nitrogens with zero attached hydrogens (tertiary/aromatic N) is 1. The normalized spacial score (nSPS) is 16.2. The van der Waals surface area contributed by atoms with Crippen molar-refractivity contribution >= 4 is 23.6 Å². The number of hydrogen-bond acceptors (Lipinski definition) is 3. The van der Waals surface area contributed by atoms with Gasteiger partial charge in [-0.1, -0.05) is 31.9 Å². The van der Waals surface area contributed by atoms with E-state index in [1.807, 2.05) is 19.1 Å². The van der Waals surface area contributed by atoms with E-state index >= 15 is 0 Å². The van der Waals surface area contributed by atoms with E-state index in [9.17, 15) is 9.59 Å². The third-order valence-electron chi connectivity index (χ3n) is 4.59.